The van der Waals surface area contributed by atoms with Gasteiger partial charge in [0.2, 0.25) is 0 Å². The number of ether oxygens (including phenoxy) is 3. The number of thiazole rings is 1. The fourth-order valence-corrected chi connectivity index (χ4v) is 5.84. The predicted molar refractivity (Wildman–Crippen MR) is 165 cm³/mol. The summed E-state index contributed by atoms with van der Waals surface area (Å²) in [5, 5.41) is 1.20. The number of halogens is 2. The first-order valence-electron chi connectivity index (χ1n) is 12.9. The van der Waals surface area contributed by atoms with Crippen LogP contribution in [0.5, 0.6) is 11.5 Å². The van der Waals surface area contributed by atoms with Gasteiger partial charge in [-0.2, -0.15) is 0 Å². The molecule has 1 unspecified atom stereocenters. The van der Waals surface area contributed by atoms with Crippen molar-refractivity contribution in [1.82, 2.24) is 4.57 Å². The second kappa shape index (κ2) is 12.8. The normalized spacial score (nSPS) is 14.7. The standard InChI is InChI=1S/C32H26Cl2N2O5S/c1-4-15-40-31(38)28-19(2)35-32-36(29(28)22-8-12-24(34)13-9-22)30(37)27(42-32)17-21-7-14-25(26(16-21)39-3)41-18-20-5-10-23(33)11-6-20/h4-14,16-17,29H,1,15,18H2,2-3H3. The van der Waals surface area contributed by atoms with Gasteiger partial charge in [0.15, 0.2) is 16.3 Å². The molecule has 0 N–H and O–H groups in total. The van der Waals surface area contributed by atoms with Gasteiger partial charge in [-0.25, -0.2) is 9.79 Å². The maximum Gasteiger partial charge on any atom is 0.338 e. The number of aromatic nitrogens is 1. The van der Waals surface area contributed by atoms with Crippen LogP contribution >= 0.6 is 34.5 Å². The van der Waals surface area contributed by atoms with E-state index in [2.05, 4.69) is 11.6 Å². The summed E-state index contributed by atoms with van der Waals surface area (Å²) < 4.78 is 18.9. The Morgan fingerprint density at radius 3 is 2.40 bits per heavy atom. The number of hydrogen-bond donors (Lipinski definition) is 0. The molecule has 1 aromatic heterocycles. The van der Waals surface area contributed by atoms with E-state index in [1.165, 1.54) is 22.0 Å². The number of hydrogen-bond acceptors (Lipinski definition) is 7. The lowest BCUT2D eigenvalue weighted by molar-refractivity contribution is -0.138. The Balaban J connectivity index is 1.53. The maximum atomic E-state index is 13.9. The third kappa shape index (κ3) is 6.21. The molecule has 0 spiro atoms. The molecule has 1 atom stereocenters. The van der Waals surface area contributed by atoms with Crippen LogP contribution < -0.4 is 24.4 Å². The summed E-state index contributed by atoms with van der Waals surface area (Å²) >= 11 is 13.3. The first-order valence-corrected chi connectivity index (χ1v) is 14.5. The summed E-state index contributed by atoms with van der Waals surface area (Å²) in [5.74, 6) is 0.518. The molecule has 3 aromatic carbocycles. The molecule has 5 rings (SSSR count). The number of fused-ring (bicyclic) bond motifs is 1. The van der Waals surface area contributed by atoms with Gasteiger partial charge < -0.3 is 14.2 Å². The van der Waals surface area contributed by atoms with Crippen molar-refractivity contribution in [3.8, 4) is 11.5 Å². The second-order valence-corrected chi connectivity index (χ2v) is 11.2. The summed E-state index contributed by atoms with van der Waals surface area (Å²) in [5.41, 5.74) is 2.87. The molecule has 7 nitrogen and oxygen atoms in total. The van der Waals surface area contributed by atoms with E-state index in [1.807, 2.05) is 30.3 Å². The minimum absolute atomic E-state index is 0.0363. The Hall–Kier alpha value is -4.11. The fraction of sp³-hybridized carbons (Fsp3) is 0.156. The fourth-order valence-electron chi connectivity index (χ4n) is 4.54. The largest absolute Gasteiger partial charge is 0.493 e. The molecule has 42 heavy (non-hydrogen) atoms. The van der Waals surface area contributed by atoms with E-state index in [4.69, 9.17) is 37.4 Å². The van der Waals surface area contributed by atoms with Gasteiger partial charge in [-0.3, -0.25) is 9.36 Å². The molecule has 0 amide bonds. The molecule has 1 aliphatic rings. The molecule has 0 radical (unpaired) electrons. The maximum absolute atomic E-state index is 13.9. The Labute approximate surface area is 256 Å². The number of methoxy groups -OCH3 is 1. The molecular formula is C32H26Cl2N2O5S. The van der Waals surface area contributed by atoms with Gasteiger partial charge in [-0.15, -0.1) is 0 Å². The number of nitrogens with zero attached hydrogens (tertiary/aromatic N) is 2. The molecule has 0 saturated heterocycles. The molecule has 0 bridgehead atoms. The van der Waals surface area contributed by atoms with E-state index >= 15 is 0 Å². The highest BCUT2D eigenvalue weighted by molar-refractivity contribution is 7.07. The number of carbonyl (C=O) groups is 1. The van der Waals surface area contributed by atoms with Crippen molar-refractivity contribution in [3.63, 3.8) is 0 Å². The van der Waals surface area contributed by atoms with Gasteiger partial charge in [0, 0.05) is 10.0 Å². The zero-order valence-corrected chi connectivity index (χ0v) is 25.1. The summed E-state index contributed by atoms with van der Waals surface area (Å²) in [4.78, 5) is 32.1. The summed E-state index contributed by atoms with van der Waals surface area (Å²) in [6, 6.07) is 19.1. The predicted octanol–water partition coefficient (Wildman–Crippen LogP) is 5.86. The van der Waals surface area contributed by atoms with Gasteiger partial charge in [-0.1, -0.05) is 77.5 Å². The second-order valence-electron chi connectivity index (χ2n) is 9.35. The minimum Gasteiger partial charge on any atom is -0.493 e. The number of esters is 1. The van der Waals surface area contributed by atoms with E-state index in [0.717, 1.165) is 11.1 Å². The average molecular weight is 622 g/mol. The molecule has 4 aromatic rings. The smallest absolute Gasteiger partial charge is 0.338 e. The van der Waals surface area contributed by atoms with E-state index in [1.54, 1.807) is 56.5 Å². The molecule has 10 heteroatoms. The molecule has 0 fully saturated rings. The Bertz CT molecular complexity index is 1860. The van der Waals surface area contributed by atoms with Crippen LogP contribution in [-0.2, 0) is 16.1 Å². The van der Waals surface area contributed by atoms with Gasteiger partial charge >= 0.3 is 5.97 Å². The van der Waals surface area contributed by atoms with Crippen LogP contribution in [0.1, 0.15) is 29.7 Å². The lowest BCUT2D eigenvalue weighted by Crippen LogP contribution is -2.39. The average Bonchev–Trinajstić information content (AvgIpc) is 3.29. The van der Waals surface area contributed by atoms with Crippen LogP contribution in [0.3, 0.4) is 0 Å². The third-order valence-electron chi connectivity index (χ3n) is 6.55. The van der Waals surface area contributed by atoms with E-state index in [-0.39, 0.29) is 17.7 Å². The molecule has 1 aliphatic heterocycles. The lowest BCUT2D eigenvalue weighted by atomic mass is 9.96. The van der Waals surface area contributed by atoms with E-state index in [0.29, 0.717) is 48.7 Å². The van der Waals surface area contributed by atoms with Gasteiger partial charge in [-0.05, 0) is 66.1 Å². The Kier molecular flexibility index (Phi) is 8.97. The molecule has 0 saturated carbocycles. The van der Waals surface area contributed by atoms with Crippen molar-refractivity contribution in [2.45, 2.75) is 19.6 Å². The van der Waals surface area contributed by atoms with E-state index in [9.17, 15) is 9.59 Å². The first-order chi connectivity index (χ1) is 20.3. The number of benzene rings is 3. The summed E-state index contributed by atoms with van der Waals surface area (Å²) in [6.07, 6.45) is 3.26. The summed E-state index contributed by atoms with van der Waals surface area (Å²) in [6.45, 7) is 5.72. The van der Waals surface area contributed by atoms with Crippen LogP contribution in [0, 0.1) is 0 Å². The van der Waals surface area contributed by atoms with Gasteiger partial charge in [0.05, 0.1) is 29.0 Å². The summed E-state index contributed by atoms with van der Waals surface area (Å²) in [7, 11) is 1.56. The van der Waals surface area contributed by atoms with Crippen molar-refractivity contribution < 1.29 is 19.0 Å². The molecule has 0 aliphatic carbocycles. The highest BCUT2D eigenvalue weighted by Gasteiger charge is 2.33. The first kappa shape index (κ1) is 29.4. The Morgan fingerprint density at radius 2 is 1.74 bits per heavy atom. The van der Waals surface area contributed by atoms with E-state index < -0.39 is 12.0 Å². The van der Waals surface area contributed by atoms with Crippen LogP contribution in [0.15, 0.2) is 100 Å². The number of allylic oxidation sites excluding steroid dienone is 1. The van der Waals surface area contributed by atoms with Crippen molar-refractivity contribution in [2.24, 2.45) is 4.99 Å². The van der Waals surface area contributed by atoms with Crippen LogP contribution in [0.25, 0.3) is 6.08 Å². The van der Waals surface area contributed by atoms with Crippen molar-refractivity contribution >= 4 is 46.6 Å². The SMILES string of the molecule is C=CCOC(=O)C1=C(C)N=c2sc(=Cc3ccc(OCc4ccc(Cl)cc4)c(OC)c3)c(=O)n2C1c1ccc(Cl)cc1. The zero-order valence-electron chi connectivity index (χ0n) is 22.8. The highest BCUT2D eigenvalue weighted by atomic mass is 35.5. The number of rotatable bonds is 9. The molecule has 2 heterocycles. The quantitative estimate of drug-likeness (QED) is 0.173. The number of carbonyl (C=O) groups excluding carboxylic acids is 1. The van der Waals surface area contributed by atoms with Crippen LogP contribution in [0.2, 0.25) is 10.0 Å². The lowest BCUT2D eigenvalue weighted by Gasteiger charge is -2.24. The van der Waals surface area contributed by atoms with Crippen molar-refractivity contribution in [3.05, 3.63) is 137 Å². The zero-order chi connectivity index (χ0) is 29.8. The van der Waals surface area contributed by atoms with Gasteiger partial charge in [0.1, 0.15) is 13.2 Å². The molecular weight excluding hydrogens is 595 g/mol. The van der Waals surface area contributed by atoms with Crippen molar-refractivity contribution in [2.75, 3.05) is 13.7 Å². The monoisotopic (exact) mass is 620 g/mol. The molecule has 214 valence electrons. The minimum atomic E-state index is -0.740. The van der Waals surface area contributed by atoms with Crippen LogP contribution in [-0.4, -0.2) is 24.3 Å². The Morgan fingerprint density at radius 1 is 1.05 bits per heavy atom. The van der Waals surface area contributed by atoms with Crippen molar-refractivity contribution in [1.29, 1.82) is 0 Å². The topological polar surface area (TPSA) is 79.1 Å². The third-order valence-corrected chi connectivity index (χ3v) is 8.04. The highest BCUT2D eigenvalue weighted by Crippen LogP contribution is 2.32. The van der Waals surface area contributed by atoms with Crippen LogP contribution in [0.4, 0.5) is 0 Å². The van der Waals surface area contributed by atoms with Gasteiger partial charge in [0.25, 0.3) is 5.56 Å².